The Morgan fingerprint density at radius 2 is 1.53 bits per heavy atom. The van der Waals surface area contributed by atoms with Crippen molar-refractivity contribution in [1.29, 1.82) is 0 Å². The van der Waals surface area contributed by atoms with Crippen molar-refractivity contribution < 1.29 is 32.0 Å². The van der Waals surface area contributed by atoms with Gasteiger partial charge in [-0.05, 0) is 0 Å². The van der Waals surface area contributed by atoms with Crippen molar-refractivity contribution in [1.82, 2.24) is 0 Å². The predicted octanol–water partition coefficient (Wildman–Crippen LogP) is 0.356. The number of pyridine rings is 1. The van der Waals surface area contributed by atoms with Gasteiger partial charge >= 0.3 is 17.6 Å². The first-order valence-electron chi connectivity index (χ1n) is 4.49. The smallest absolute Gasteiger partial charge is 0.381 e. The number of halogens is 4. The van der Waals surface area contributed by atoms with Gasteiger partial charge in [0, 0.05) is 17.9 Å². The molecule has 0 unspecified atom stereocenters. The Kier molecular flexibility index (Phi) is 2.23. The molecule has 0 radical (unpaired) electrons. The number of aromatic nitrogens is 1. The van der Waals surface area contributed by atoms with Crippen molar-refractivity contribution in [3.63, 3.8) is 0 Å². The maximum Gasteiger partial charge on any atom is 0.381 e. The van der Waals surface area contributed by atoms with E-state index in [9.17, 15) is 27.5 Å². The highest BCUT2D eigenvalue weighted by Gasteiger charge is 2.70. The van der Waals surface area contributed by atoms with Gasteiger partial charge in [0.25, 0.3) is 5.70 Å². The third kappa shape index (κ3) is 1.35. The fourth-order valence-corrected chi connectivity index (χ4v) is 1.47. The average molecular weight is 247 g/mol. The molecule has 0 amide bonds. The van der Waals surface area contributed by atoms with Gasteiger partial charge in [-0.2, -0.15) is 22.1 Å². The van der Waals surface area contributed by atoms with Crippen molar-refractivity contribution >= 4 is 11.5 Å². The highest BCUT2D eigenvalue weighted by molar-refractivity contribution is 6.19. The van der Waals surface area contributed by atoms with Crippen LogP contribution in [0.25, 0.3) is 5.70 Å². The molecule has 1 heterocycles. The van der Waals surface area contributed by atoms with E-state index in [1.54, 1.807) is 0 Å². The van der Waals surface area contributed by atoms with E-state index in [1.807, 2.05) is 0 Å². The number of allylic oxidation sites excluding steroid dienone is 2. The first kappa shape index (κ1) is 11.6. The molecule has 1 aliphatic rings. The van der Waals surface area contributed by atoms with Crippen LogP contribution in [0.15, 0.2) is 36.4 Å². The summed E-state index contributed by atoms with van der Waals surface area (Å²) in [5.41, 5.74) is -1.22. The fraction of sp³-hybridized carbons (Fsp3) is 0.200. The number of hydrogen-bond acceptors (Lipinski definition) is 2. The van der Waals surface area contributed by atoms with E-state index in [-0.39, 0.29) is 0 Å². The van der Waals surface area contributed by atoms with Crippen LogP contribution in [0.4, 0.5) is 17.6 Å². The Morgan fingerprint density at radius 3 is 1.94 bits per heavy atom. The fourth-order valence-electron chi connectivity index (χ4n) is 1.47. The van der Waals surface area contributed by atoms with Crippen LogP contribution in [-0.4, -0.2) is 17.6 Å². The Morgan fingerprint density at radius 1 is 1.00 bits per heavy atom. The maximum absolute atomic E-state index is 12.9. The highest BCUT2D eigenvalue weighted by Crippen LogP contribution is 2.46. The van der Waals surface area contributed by atoms with Crippen molar-refractivity contribution in [3.05, 3.63) is 36.4 Å². The van der Waals surface area contributed by atoms with Gasteiger partial charge in [-0.1, -0.05) is 6.07 Å². The topological polar surface area (TPSA) is 44.0 Å². The molecule has 0 fully saturated rings. The summed E-state index contributed by atoms with van der Waals surface area (Å²) in [6.07, 6.45) is 2.14. The van der Waals surface area contributed by atoms with Crippen LogP contribution in [0.3, 0.4) is 0 Å². The normalized spacial score (nSPS) is 22.0. The van der Waals surface area contributed by atoms with Crippen molar-refractivity contribution in [2.24, 2.45) is 0 Å². The molecular weight excluding hydrogens is 242 g/mol. The molecule has 0 saturated carbocycles. The highest BCUT2D eigenvalue weighted by atomic mass is 19.3. The summed E-state index contributed by atoms with van der Waals surface area (Å²) >= 11 is 0. The number of Topliss-reactive ketones (excluding diaryl/α,β-unsaturated/α-hetero) is 1. The zero-order valence-electron chi connectivity index (χ0n) is 8.16. The van der Waals surface area contributed by atoms with Gasteiger partial charge in [-0.3, -0.25) is 4.79 Å². The predicted molar refractivity (Wildman–Crippen MR) is 44.8 cm³/mol. The third-order valence-electron chi connectivity index (χ3n) is 2.37. The molecule has 0 N–H and O–H groups in total. The third-order valence-corrected chi connectivity index (χ3v) is 2.37. The lowest BCUT2D eigenvalue weighted by molar-refractivity contribution is -0.582. The van der Waals surface area contributed by atoms with E-state index >= 15 is 0 Å². The van der Waals surface area contributed by atoms with Crippen molar-refractivity contribution in [2.75, 3.05) is 0 Å². The molecule has 17 heavy (non-hydrogen) atoms. The van der Waals surface area contributed by atoms with E-state index in [0.717, 1.165) is 12.4 Å². The summed E-state index contributed by atoms with van der Waals surface area (Å²) in [7, 11) is 0. The van der Waals surface area contributed by atoms with E-state index < -0.39 is 29.1 Å². The van der Waals surface area contributed by atoms with Gasteiger partial charge in [0.05, 0.1) is 0 Å². The Balaban J connectivity index is 2.64. The standard InChI is InChI=1S/C10H5F4NO2/c11-9(12)7(16)6(8(17)10(9,13)14)15-4-2-1-3-5-15/h1-5H. The van der Waals surface area contributed by atoms with Crippen molar-refractivity contribution in [2.45, 2.75) is 11.8 Å². The summed E-state index contributed by atoms with van der Waals surface area (Å²) in [6.45, 7) is 0. The molecule has 0 atom stereocenters. The molecule has 90 valence electrons. The lowest BCUT2D eigenvalue weighted by Crippen LogP contribution is -2.45. The molecule has 0 saturated heterocycles. The molecule has 3 nitrogen and oxygen atoms in total. The minimum atomic E-state index is -4.98. The van der Waals surface area contributed by atoms with Gasteiger partial charge in [-0.25, -0.2) is 0 Å². The summed E-state index contributed by atoms with van der Waals surface area (Å²) in [5.74, 6) is -14.3. The molecule has 0 spiro atoms. The number of alkyl halides is 4. The summed E-state index contributed by atoms with van der Waals surface area (Å²) in [4.78, 5) is 11.1. The molecule has 0 aromatic carbocycles. The second kappa shape index (κ2) is 3.28. The molecule has 0 bridgehead atoms. The van der Waals surface area contributed by atoms with E-state index in [0.29, 0.717) is 4.57 Å². The second-order valence-electron chi connectivity index (χ2n) is 3.44. The van der Waals surface area contributed by atoms with Crippen LogP contribution >= 0.6 is 0 Å². The number of ketones is 1. The molecule has 7 heteroatoms. The van der Waals surface area contributed by atoms with E-state index in [4.69, 9.17) is 0 Å². The second-order valence-corrected chi connectivity index (χ2v) is 3.44. The van der Waals surface area contributed by atoms with E-state index in [1.165, 1.54) is 18.2 Å². The monoisotopic (exact) mass is 247 g/mol. The lowest BCUT2D eigenvalue weighted by Gasteiger charge is -2.21. The van der Waals surface area contributed by atoms with Crippen LogP contribution < -0.4 is 9.67 Å². The number of rotatable bonds is 1. The molecular formula is C10H5F4NO2. The zero-order valence-corrected chi connectivity index (χ0v) is 8.16. The SMILES string of the molecule is O=C1C([n+]2ccccc2)=C([O-])C(F)(F)C1(F)F. The Hall–Kier alpha value is -1.92. The number of nitrogens with zero attached hydrogens (tertiary/aromatic N) is 1. The first-order chi connectivity index (χ1) is 7.80. The minimum Gasteiger partial charge on any atom is -0.867 e. The van der Waals surface area contributed by atoms with Gasteiger partial charge in [0.2, 0.25) is 0 Å². The maximum atomic E-state index is 12.9. The summed E-state index contributed by atoms with van der Waals surface area (Å²) in [6, 6.07) is 4.13. The lowest BCUT2D eigenvalue weighted by atomic mass is 10.2. The van der Waals surface area contributed by atoms with Gasteiger partial charge in [-0.15, -0.1) is 0 Å². The Bertz CT molecular complexity index is 510. The van der Waals surface area contributed by atoms with Crippen LogP contribution in [0.1, 0.15) is 0 Å². The quantitative estimate of drug-likeness (QED) is 0.531. The van der Waals surface area contributed by atoms with Crippen LogP contribution in [0, 0.1) is 0 Å². The number of carbonyl (C=O) groups excluding carboxylic acids is 1. The van der Waals surface area contributed by atoms with Gasteiger partial charge in [0.15, 0.2) is 12.4 Å². The first-order valence-corrected chi connectivity index (χ1v) is 4.49. The number of carbonyl (C=O) groups is 1. The largest absolute Gasteiger partial charge is 0.867 e. The van der Waals surface area contributed by atoms with Crippen molar-refractivity contribution in [3.8, 4) is 0 Å². The minimum absolute atomic E-state index is 0.666. The molecule has 1 aromatic rings. The van der Waals surface area contributed by atoms with Gasteiger partial charge < -0.3 is 5.11 Å². The van der Waals surface area contributed by atoms with Gasteiger partial charge in [0.1, 0.15) is 0 Å². The molecule has 0 aliphatic heterocycles. The van der Waals surface area contributed by atoms with E-state index in [2.05, 4.69) is 0 Å². The molecule has 1 aromatic heterocycles. The summed E-state index contributed by atoms with van der Waals surface area (Å²) < 4.78 is 52.5. The van der Waals surface area contributed by atoms with Crippen LogP contribution in [0.5, 0.6) is 0 Å². The molecule has 2 rings (SSSR count). The zero-order chi connectivity index (χ0) is 12.8. The summed E-state index contributed by atoms with van der Waals surface area (Å²) in [5, 5.41) is 11.1. The van der Waals surface area contributed by atoms with Crippen LogP contribution in [-0.2, 0) is 4.79 Å². The Labute approximate surface area is 92.6 Å². The number of hydrogen-bond donors (Lipinski definition) is 0. The molecule has 1 aliphatic carbocycles. The van der Waals surface area contributed by atoms with Crippen LogP contribution in [0.2, 0.25) is 0 Å². The average Bonchev–Trinajstić information content (AvgIpc) is 2.40.